The molecule has 1 aromatic carbocycles. The van der Waals surface area contributed by atoms with Gasteiger partial charge in [-0.25, -0.2) is 4.79 Å². The summed E-state index contributed by atoms with van der Waals surface area (Å²) in [6.45, 7) is 7.19. The van der Waals surface area contributed by atoms with Crippen molar-refractivity contribution in [2.45, 2.75) is 20.8 Å². The van der Waals surface area contributed by atoms with Crippen LogP contribution in [0.3, 0.4) is 0 Å². The Morgan fingerprint density at radius 3 is 2.52 bits per heavy atom. The maximum atomic E-state index is 12.5. The molecule has 124 valence electrons. The fourth-order valence-electron chi connectivity index (χ4n) is 2.31. The van der Waals surface area contributed by atoms with Crippen LogP contribution in [0.1, 0.15) is 31.1 Å². The number of hydrogen-bond acceptors (Lipinski definition) is 6. The number of ketones is 1. The number of likely N-dealkylation sites (N-methyl/N-ethyl adjacent to an activating group) is 1. The Labute approximate surface area is 135 Å². The van der Waals surface area contributed by atoms with Gasteiger partial charge in [0, 0.05) is 24.7 Å². The van der Waals surface area contributed by atoms with Crippen LogP contribution in [0.4, 0.5) is 0 Å². The van der Waals surface area contributed by atoms with E-state index in [0.29, 0.717) is 30.2 Å². The van der Waals surface area contributed by atoms with Crippen LogP contribution < -0.4 is 9.47 Å². The lowest BCUT2D eigenvalue weighted by atomic mass is 10.1. The molecule has 6 nitrogen and oxygen atoms in total. The van der Waals surface area contributed by atoms with Gasteiger partial charge in [0.25, 0.3) is 0 Å². The number of benzene rings is 1. The molecule has 0 aromatic heterocycles. The summed E-state index contributed by atoms with van der Waals surface area (Å²) in [5.41, 5.74) is 0.697. The summed E-state index contributed by atoms with van der Waals surface area (Å²) in [7, 11) is 0. The third-order valence-electron chi connectivity index (χ3n) is 3.51. The Morgan fingerprint density at radius 2 is 1.87 bits per heavy atom. The summed E-state index contributed by atoms with van der Waals surface area (Å²) in [4.78, 5) is 26.4. The van der Waals surface area contributed by atoms with Crippen LogP contribution >= 0.6 is 0 Å². The van der Waals surface area contributed by atoms with Crippen molar-refractivity contribution in [1.82, 2.24) is 4.90 Å². The molecule has 23 heavy (non-hydrogen) atoms. The van der Waals surface area contributed by atoms with Crippen LogP contribution in [-0.4, -0.2) is 43.1 Å². The largest absolute Gasteiger partial charge is 0.461 e. The van der Waals surface area contributed by atoms with Crippen LogP contribution in [0, 0.1) is 0 Å². The number of rotatable bonds is 7. The standard InChI is InChI=1S/C17H21NO5/c1-4-18(5-2)13(17(20)21-6-3)10-14(19)12-7-8-15-16(9-12)23-11-22-15/h7-10H,4-6,11H2,1-3H3/b13-10+. The van der Waals surface area contributed by atoms with E-state index < -0.39 is 5.97 Å². The second-order valence-corrected chi connectivity index (χ2v) is 4.85. The molecular weight excluding hydrogens is 298 g/mol. The molecule has 1 heterocycles. The summed E-state index contributed by atoms with van der Waals surface area (Å²) < 4.78 is 15.6. The van der Waals surface area contributed by atoms with Gasteiger partial charge in [0.1, 0.15) is 5.70 Å². The molecule has 0 bridgehead atoms. The lowest BCUT2D eigenvalue weighted by molar-refractivity contribution is -0.140. The molecule has 1 aliphatic rings. The molecular formula is C17H21NO5. The maximum Gasteiger partial charge on any atom is 0.354 e. The Kier molecular flexibility index (Phi) is 5.62. The van der Waals surface area contributed by atoms with Gasteiger partial charge in [-0.1, -0.05) is 0 Å². The maximum absolute atomic E-state index is 12.5. The highest BCUT2D eigenvalue weighted by atomic mass is 16.7. The predicted molar refractivity (Wildman–Crippen MR) is 84.5 cm³/mol. The zero-order valence-corrected chi connectivity index (χ0v) is 13.6. The summed E-state index contributed by atoms with van der Waals surface area (Å²) in [5, 5.41) is 0. The molecule has 0 unspecified atom stereocenters. The van der Waals surface area contributed by atoms with E-state index in [9.17, 15) is 9.59 Å². The Balaban J connectivity index is 2.29. The Bertz CT molecular complexity index is 619. The van der Waals surface area contributed by atoms with Gasteiger partial charge in [-0.05, 0) is 39.0 Å². The first-order chi connectivity index (χ1) is 11.1. The third kappa shape index (κ3) is 3.83. The van der Waals surface area contributed by atoms with Gasteiger partial charge in [0.05, 0.1) is 6.61 Å². The first-order valence-corrected chi connectivity index (χ1v) is 7.68. The van der Waals surface area contributed by atoms with Gasteiger partial charge in [-0.15, -0.1) is 0 Å². The van der Waals surface area contributed by atoms with Crippen molar-refractivity contribution >= 4 is 11.8 Å². The molecule has 0 fully saturated rings. The highest BCUT2D eigenvalue weighted by Gasteiger charge is 2.20. The average molecular weight is 319 g/mol. The lowest BCUT2D eigenvalue weighted by Gasteiger charge is -2.22. The number of ether oxygens (including phenoxy) is 3. The van der Waals surface area contributed by atoms with Crippen LogP contribution in [0.2, 0.25) is 0 Å². The van der Waals surface area contributed by atoms with Gasteiger partial charge >= 0.3 is 5.97 Å². The van der Waals surface area contributed by atoms with Crippen molar-refractivity contribution in [2.24, 2.45) is 0 Å². The van der Waals surface area contributed by atoms with E-state index in [4.69, 9.17) is 14.2 Å². The van der Waals surface area contributed by atoms with E-state index in [0.717, 1.165) is 0 Å². The zero-order valence-electron chi connectivity index (χ0n) is 13.6. The highest BCUT2D eigenvalue weighted by Crippen LogP contribution is 2.32. The average Bonchev–Trinajstić information content (AvgIpc) is 3.02. The first-order valence-electron chi connectivity index (χ1n) is 7.68. The molecule has 0 saturated heterocycles. The van der Waals surface area contributed by atoms with Gasteiger partial charge in [-0.3, -0.25) is 4.79 Å². The number of hydrogen-bond donors (Lipinski definition) is 0. The molecule has 0 amide bonds. The van der Waals surface area contributed by atoms with E-state index in [1.54, 1.807) is 30.0 Å². The topological polar surface area (TPSA) is 65.1 Å². The van der Waals surface area contributed by atoms with Crippen molar-refractivity contribution in [3.8, 4) is 11.5 Å². The third-order valence-corrected chi connectivity index (χ3v) is 3.51. The van der Waals surface area contributed by atoms with Crippen LogP contribution in [0.15, 0.2) is 30.0 Å². The molecule has 0 aliphatic carbocycles. The Morgan fingerprint density at radius 1 is 1.17 bits per heavy atom. The minimum absolute atomic E-state index is 0.149. The number of nitrogens with zero attached hydrogens (tertiary/aromatic N) is 1. The van der Waals surface area contributed by atoms with E-state index in [1.807, 2.05) is 13.8 Å². The van der Waals surface area contributed by atoms with E-state index in [1.165, 1.54) is 6.08 Å². The van der Waals surface area contributed by atoms with Crippen molar-refractivity contribution in [3.63, 3.8) is 0 Å². The van der Waals surface area contributed by atoms with Gasteiger partial charge in [0.2, 0.25) is 6.79 Å². The van der Waals surface area contributed by atoms with E-state index in [-0.39, 0.29) is 24.9 Å². The number of fused-ring (bicyclic) bond motifs is 1. The molecule has 6 heteroatoms. The summed E-state index contributed by atoms with van der Waals surface area (Å²) in [6, 6.07) is 4.95. The van der Waals surface area contributed by atoms with Crippen LogP contribution in [0.5, 0.6) is 11.5 Å². The SMILES string of the molecule is CCOC(=O)/C(=C\C(=O)c1ccc2c(c1)OCO2)N(CC)CC. The highest BCUT2D eigenvalue weighted by molar-refractivity contribution is 6.08. The minimum Gasteiger partial charge on any atom is -0.461 e. The zero-order chi connectivity index (χ0) is 16.8. The van der Waals surface area contributed by atoms with Crippen molar-refractivity contribution < 1.29 is 23.8 Å². The number of esters is 1. The van der Waals surface area contributed by atoms with E-state index >= 15 is 0 Å². The monoisotopic (exact) mass is 319 g/mol. The summed E-state index contributed by atoms with van der Waals surface area (Å²) >= 11 is 0. The lowest BCUT2D eigenvalue weighted by Crippen LogP contribution is -2.29. The first kappa shape index (κ1) is 16.9. The second kappa shape index (κ2) is 7.67. The number of allylic oxidation sites excluding steroid dienone is 1. The van der Waals surface area contributed by atoms with Crippen LogP contribution in [-0.2, 0) is 9.53 Å². The second-order valence-electron chi connectivity index (χ2n) is 4.85. The van der Waals surface area contributed by atoms with Gasteiger partial charge in [-0.2, -0.15) is 0 Å². The number of carbonyl (C=O) groups excluding carboxylic acids is 2. The van der Waals surface area contributed by atoms with Gasteiger partial charge in [0.15, 0.2) is 17.3 Å². The molecule has 0 atom stereocenters. The van der Waals surface area contributed by atoms with Crippen LogP contribution in [0.25, 0.3) is 0 Å². The van der Waals surface area contributed by atoms with E-state index in [2.05, 4.69) is 0 Å². The predicted octanol–water partition coefficient (Wildman–Crippen LogP) is 2.39. The molecule has 2 rings (SSSR count). The quantitative estimate of drug-likeness (QED) is 0.437. The molecule has 0 radical (unpaired) electrons. The molecule has 0 saturated carbocycles. The smallest absolute Gasteiger partial charge is 0.354 e. The fourth-order valence-corrected chi connectivity index (χ4v) is 2.31. The fraction of sp³-hybridized carbons (Fsp3) is 0.412. The van der Waals surface area contributed by atoms with Crippen molar-refractivity contribution in [1.29, 1.82) is 0 Å². The normalized spacial score (nSPS) is 12.9. The molecule has 1 aromatic rings. The Hall–Kier alpha value is -2.50. The summed E-state index contributed by atoms with van der Waals surface area (Å²) in [6.07, 6.45) is 1.32. The van der Waals surface area contributed by atoms with Crippen molar-refractivity contribution in [3.05, 3.63) is 35.5 Å². The summed E-state index contributed by atoms with van der Waals surface area (Å²) in [5.74, 6) is 0.369. The number of carbonyl (C=O) groups is 2. The van der Waals surface area contributed by atoms with Gasteiger partial charge < -0.3 is 19.1 Å². The molecule has 1 aliphatic heterocycles. The minimum atomic E-state index is -0.495. The molecule has 0 spiro atoms. The molecule has 0 N–H and O–H groups in total. The van der Waals surface area contributed by atoms with Crippen molar-refractivity contribution in [2.75, 3.05) is 26.5 Å².